The van der Waals surface area contributed by atoms with E-state index in [9.17, 15) is 14.0 Å². The first-order chi connectivity index (χ1) is 11.4. The van der Waals surface area contributed by atoms with Crippen LogP contribution >= 0.6 is 15.9 Å². The van der Waals surface area contributed by atoms with Gasteiger partial charge in [-0.2, -0.15) is 0 Å². The predicted octanol–water partition coefficient (Wildman–Crippen LogP) is 5.06. The Labute approximate surface area is 150 Å². The molecule has 0 aliphatic rings. The van der Waals surface area contributed by atoms with Gasteiger partial charge in [0.05, 0.1) is 5.56 Å². The first-order valence-corrected chi connectivity index (χ1v) is 8.38. The Kier molecular flexibility index (Phi) is 8.33. The predicted molar refractivity (Wildman–Crippen MR) is 99.0 cm³/mol. The van der Waals surface area contributed by atoms with Crippen molar-refractivity contribution in [1.82, 2.24) is 4.90 Å². The molecule has 0 heterocycles. The Bertz CT molecular complexity index is 688. The summed E-state index contributed by atoms with van der Waals surface area (Å²) in [7, 11) is 1.67. The lowest BCUT2D eigenvalue weighted by molar-refractivity contribution is 0.0804. The number of carbonyl (C=O) groups excluding carboxylic acids is 2. The van der Waals surface area contributed by atoms with Gasteiger partial charge in [-0.1, -0.05) is 37.3 Å². The number of aldehydes is 1. The largest absolute Gasteiger partial charge is 0.337 e. The zero-order valence-corrected chi connectivity index (χ0v) is 15.6. The maximum atomic E-state index is 13.1. The van der Waals surface area contributed by atoms with Crippen molar-refractivity contribution in [3.63, 3.8) is 0 Å². The molecule has 0 atom stereocenters. The summed E-state index contributed by atoms with van der Waals surface area (Å²) >= 11 is 3.14. The fourth-order valence-corrected chi connectivity index (χ4v) is 2.22. The van der Waals surface area contributed by atoms with Crippen LogP contribution < -0.4 is 0 Å². The van der Waals surface area contributed by atoms with Crippen LogP contribution in [-0.4, -0.2) is 30.7 Å². The maximum absolute atomic E-state index is 13.1. The third-order valence-electron chi connectivity index (χ3n) is 3.32. The standard InChI is InChI=1S/C19H21BrFNO2/c1-4-7-15(10-11-18(20)14(2)21)12-22(3)19(24)17-9-6-5-8-16(17)13-23/h5-11,13H,4,12H2,1-3H3/b11-10-,15-7-,18-14-. The Balaban J connectivity index is 2.95. The highest BCUT2D eigenvalue weighted by atomic mass is 79.9. The molecule has 1 rings (SSSR count). The summed E-state index contributed by atoms with van der Waals surface area (Å²) in [6.07, 6.45) is 6.83. The molecule has 0 radical (unpaired) electrons. The molecule has 0 saturated heterocycles. The van der Waals surface area contributed by atoms with E-state index in [1.807, 2.05) is 13.0 Å². The van der Waals surface area contributed by atoms with Crippen LogP contribution in [-0.2, 0) is 0 Å². The van der Waals surface area contributed by atoms with Gasteiger partial charge >= 0.3 is 0 Å². The van der Waals surface area contributed by atoms with E-state index >= 15 is 0 Å². The zero-order chi connectivity index (χ0) is 18.1. The van der Waals surface area contributed by atoms with Gasteiger partial charge in [0.25, 0.3) is 5.91 Å². The van der Waals surface area contributed by atoms with E-state index in [0.717, 1.165) is 12.0 Å². The highest BCUT2D eigenvalue weighted by Crippen LogP contribution is 2.16. The number of rotatable bonds is 7. The molecule has 0 bridgehead atoms. The van der Waals surface area contributed by atoms with Crippen LogP contribution in [0.5, 0.6) is 0 Å². The van der Waals surface area contributed by atoms with Crippen LogP contribution in [0.15, 0.2) is 58.4 Å². The van der Waals surface area contributed by atoms with E-state index in [1.54, 1.807) is 43.5 Å². The molecule has 0 aliphatic heterocycles. The molecule has 0 unspecified atom stereocenters. The van der Waals surface area contributed by atoms with Gasteiger partial charge in [-0.05, 0) is 47.0 Å². The summed E-state index contributed by atoms with van der Waals surface area (Å²) in [5, 5.41) is 0. The summed E-state index contributed by atoms with van der Waals surface area (Å²) in [6, 6.07) is 6.69. The summed E-state index contributed by atoms with van der Waals surface area (Å²) < 4.78 is 13.5. The SMILES string of the molecule is CC/C=C(/C=C\C(Br)=C(/C)F)CN(C)C(=O)c1ccccc1C=O. The minimum Gasteiger partial charge on any atom is -0.337 e. The van der Waals surface area contributed by atoms with E-state index in [2.05, 4.69) is 15.9 Å². The molecule has 0 aromatic heterocycles. The normalized spacial score (nSPS) is 13.0. The highest BCUT2D eigenvalue weighted by Gasteiger charge is 2.15. The second kappa shape index (κ2) is 9.98. The van der Waals surface area contributed by atoms with Crippen LogP contribution in [0.4, 0.5) is 4.39 Å². The number of amides is 1. The molecule has 0 aliphatic carbocycles. The smallest absolute Gasteiger partial charge is 0.254 e. The number of hydrogen-bond acceptors (Lipinski definition) is 2. The van der Waals surface area contributed by atoms with Crippen molar-refractivity contribution in [3.8, 4) is 0 Å². The number of nitrogens with zero attached hydrogens (tertiary/aromatic N) is 1. The molecule has 0 spiro atoms. The van der Waals surface area contributed by atoms with Gasteiger partial charge in [-0.3, -0.25) is 9.59 Å². The number of likely N-dealkylation sites (N-methyl/N-ethyl adjacent to an activating group) is 1. The van der Waals surface area contributed by atoms with Gasteiger partial charge in [0, 0.05) is 23.6 Å². The van der Waals surface area contributed by atoms with Crippen molar-refractivity contribution in [2.24, 2.45) is 0 Å². The average molecular weight is 394 g/mol. The molecule has 3 nitrogen and oxygen atoms in total. The fraction of sp³-hybridized carbons (Fsp3) is 0.263. The third kappa shape index (κ3) is 5.89. The average Bonchev–Trinajstić information content (AvgIpc) is 2.58. The lowest BCUT2D eigenvalue weighted by Crippen LogP contribution is -2.29. The molecular weight excluding hydrogens is 373 g/mol. The van der Waals surface area contributed by atoms with E-state index in [-0.39, 0.29) is 11.7 Å². The van der Waals surface area contributed by atoms with Crippen molar-refractivity contribution in [1.29, 1.82) is 0 Å². The molecule has 5 heteroatoms. The van der Waals surface area contributed by atoms with Gasteiger partial charge in [-0.15, -0.1) is 0 Å². The quantitative estimate of drug-likeness (QED) is 0.479. The van der Waals surface area contributed by atoms with Crippen LogP contribution in [0.25, 0.3) is 0 Å². The Hall–Kier alpha value is -2.01. The summed E-state index contributed by atoms with van der Waals surface area (Å²) in [5.41, 5.74) is 1.62. The minimum absolute atomic E-state index is 0.232. The monoisotopic (exact) mass is 393 g/mol. The Morgan fingerprint density at radius 3 is 2.54 bits per heavy atom. The van der Waals surface area contributed by atoms with E-state index in [0.29, 0.717) is 28.4 Å². The van der Waals surface area contributed by atoms with Gasteiger partial charge in [0.2, 0.25) is 0 Å². The number of carbonyl (C=O) groups is 2. The van der Waals surface area contributed by atoms with Crippen molar-refractivity contribution in [2.75, 3.05) is 13.6 Å². The highest BCUT2D eigenvalue weighted by molar-refractivity contribution is 9.11. The van der Waals surface area contributed by atoms with Crippen LogP contribution in [0.3, 0.4) is 0 Å². The minimum atomic E-state index is -0.313. The molecule has 1 aromatic carbocycles. The molecule has 128 valence electrons. The molecule has 0 saturated carbocycles. The van der Waals surface area contributed by atoms with Gasteiger partial charge in [-0.25, -0.2) is 4.39 Å². The van der Waals surface area contributed by atoms with E-state index in [1.165, 1.54) is 11.8 Å². The lowest BCUT2D eigenvalue weighted by atomic mass is 10.1. The molecule has 1 amide bonds. The number of halogens is 2. The number of hydrogen-bond donors (Lipinski definition) is 0. The zero-order valence-electron chi connectivity index (χ0n) is 14.1. The Morgan fingerprint density at radius 2 is 1.96 bits per heavy atom. The summed E-state index contributed by atoms with van der Waals surface area (Å²) in [5.74, 6) is -0.546. The fourth-order valence-electron chi connectivity index (χ4n) is 2.09. The topological polar surface area (TPSA) is 37.4 Å². The van der Waals surface area contributed by atoms with E-state index in [4.69, 9.17) is 0 Å². The molecular formula is C19H21BrFNO2. The molecule has 24 heavy (non-hydrogen) atoms. The number of allylic oxidation sites excluding steroid dienone is 4. The molecule has 0 fully saturated rings. The second-order valence-corrected chi connectivity index (χ2v) is 6.12. The maximum Gasteiger partial charge on any atom is 0.254 e. The lowest BCUT2D eigenvalue weighted by Gasteiger charge is -2.19. The van der Waals surface area contributed by atoms with Crippen LogP contribution in [0, 0.1) is 0 Å². The van der Waals surface area contributed by atoms with Gasteiger partial charge in [0.1, 0.15) is 5.83 Å². The van der Waals surface area contributed by atoms with Crippen molar-refractivity contribution in [2.45, 2.75) is 20.3 Å². The first kappa shape index (κ1) is 20.0. The van der Waals surface area contributed by atoms with Crippen LogP contribution in [0.1, 0.15) is 41.0 Å². The first-order valence-electron chi connectivity index (χ1n) is 7.59. The third-order valence-corrected chi connectivity index (χ3v) is 4.13. The van der Waals surface area contributed by atoms with Gasteiger partial charge in [0.15, 0.2) is 6.29 Å². The number of benzene rings is 1. The van der Waals surface area contributed by atoms with Crippen molar-refractivity contribution >= 4 is 28.1 Å². The van der Waals surface area contributed by atoms with Gasteiger partial charge < -0.3 is 4.90 Å². The summed E-state index contributed by atoms with van der Waals surface area (Å²) in [6.45, 7) is 3.72. The van der Waals surface area contributed by atoms with Crippen LogP contribution in [0.2, 0.25) is 0 Å². The molecule has 0 N–H and O–H groups in total. The van der Waals surface area contributed by atoms with Crippen molar-refractivity contribution < 1.29 is 14.0 Å². The van der Waals surface area contributed by atoms with E-state index < -0.39 is 0 Å². The Morgan fingerprint density at radius 1 is 1.29 bits per heavy atom. The second-order valence-electron chi connectivity index (χ2n) is 5.27. The molecule has 1 aromatic rings. The van der Waals surface area contributed by atoms with Crippen molar-refractivity contribution in [3.05, 3.63) is 69.5 Å². The summed E-state index contributed by atoms with van der Waals surface area (Å²) in [4.78, 5) is 25.2.